The van der Waals surface area contributed by atoms with Crippen molar-refractivity contribution in [2.45, 2.75) is 91.4 Å². The predicted octanol–water partition coefficient (Wildman–Crippen LogP) is 16.0. The summed E-state index contributed by atoms with van der Waals surface area (Å²) in [5.41, 5.74) is 16.6. The first kappa shape index (κ1) is 46.1. The van der Waals surface area contributed by atoms with Gasteiger partial charge in [-0.25, -0.2) is 0 Å². The molecule has 1 atom stereocenters. The van der Waals surface area contributed by atoms with Gasteiger partial charge in [0.2, 0.25) is 0 Å². The van der Waals surface area contributed by atoms with Crippen LogP contribution in [-0.4, -0.2) is 15.1 Å². The Morgan fingerprint density at radius 2 is 0.984 bits per heavy atom. The van der Waals surface area contributed by atoms with Crippen LogP contribution in [0, 0.1) is 6.07 Å². The molecule has 0 saturated heterocycles. The van der Waals surface area contributed by atoms with Crippen LogP contribution in [0.25, 0.3) is 67.2 Å². The van der Waals surface area contributed by atoms with E-state index in [9.17, 15) is 5.11 Å². The minimum absolute atomic E-state index is 0. The molecule has 0 saturated carbocycles. The van der Waals surface area contributed by atoms with Crippen LogP contribution in [0.15, 0.2) is 164 Å². The summed E-state index contributed by atoms with van der Waals surface area (Å²) in [5, 5.41) is 12.2. The topological polar surface area (TPSA) is 46.0 Å². The average molecular weight is 1020 g/mol. The Morgan fingerprint density at radius 1 is 0.453 bits per heavy atom. The van der Waals surface area contributed by atoms with Gasteiger partial charge < -0.3 is 5.11 Å². The van der Waals surface area contributed by atoms with Crippen molar-refractivity contribution in [3.8, 4) is 72.9 Å². The molecule has 1 N–H and O–H groups in total. The summed E-state index contributed by atoms with van der Waals surface area (Å²) in [4.78, 5) is 10.4. The Bertz CT molecular complexity index is 2900. The molecule has 2 aromatic heterocycles. The smallest absolute Gasteiger partial charge is 0.128 e. The van der Waals surface area contributed by atoms with Gasteiger partial charge in [-0.15, -0.1) is 18.2 Å². The van der Waals surface area contributed by atoms with Crippen molar-refractivity contribution in [3.63, 3.8) is 0 Å². The number of nitrogens with zero attached hydrogens (tertiary/aromatic N) is 2. The molecule has 3 nitrogen and oxygen atoms in total. The molecule has 64 heavy (non-hydrogen) atoms. The fraction of sp³-hybridized carbons (Fsp3) is 0.233. The minimum atomic E-state index is -0.293. The fourth-order valence-corrected chi connectivity index (χ4v) is 8.27. The summed E-state index contributed by atoms with van der Waals surface area (Å²) in [5.74, 6) is 0.560. The first-order chi connectivity index (χ1) is 29.9. The number of pyridine rings is 2. The van der Waals surface area contributed by atoms with E-state index in [1.165, 1.54) is 16.7 Å². The molecular formula is C60H59N2OPt-. The zero-order valence-corrected chi connectivity index (χ0v) is 41.1. The third-order valence-corrected chi connectivity index (χ3v) is 12.3. The van der Waals surface area contributed by atoms with Crippen molar-refractivity contribution in [1.29, 1.82) is 0 Å². The van der Waals surface area contributed by atoms with Crippen LogP contribution in [0.4, 0.5) is 0 Å². The SMILES string of the molecule is CC(c1ccccc1)c1ccc(-c2ccnc(-c3[c-]c(-c4cc(-c5cccc(C(C)(C)C)c5)cc(-c5cc(C(C)(C)C)cc(C(C)(C)C)c5O)n4)cc(-c4ccccc4)c3)c2)cc1.[Pt]. The summed E-state index contributed by atoms with van der Waals surface area (Å²) < 4.78 is 0. The molecule has 0 fully saturated rings. The molecule has 0 aliphatic carbocycles. The Balaban J connectivity index is 0.00000612. The Labute approximate surface area is 396 Å². The van der Waals surface area contributed by atoms with Gasteiger partial charge in [-0.2, -0.15) is 0 Å². The van der Waals surface area contributed by atoms with E-state index in [2.05, 4.69) is 227 Å². The molecule has 326 valence electrons. The first-order valence-corrected chi connectivity index (χ1v) is 22.2. The van der Waals surface area contributed by atoms with E-state index in [1.807, 2.05) is 12.3 Å². The van der Waals surface area contributed by atoms with Gasteiger partial charge >= 0.3 is 0 Å². The van der Waals surface area contributed by atoms with E-state index in [0.29, 0.717) is 11.6 Å². The van der Waals surface area contributed by atoms with Crippen LogP contribution < -0.4 is 0 Å². The summed E-state index contributed by atoms with van der Waals surface area (Å²) >= 11 is 0. The van der Waals surface area contributed by atoms with Gasteiger partial charge in [0, 0.05) is 55.7 Å². The molecule has 8 aromatic rings. The Morgan fingerprint density at radius 3 is 1.62 bits per heavy atom. The number of phenolic OH excluding ortho intramolecular Hbond substituents is 1. The van der Waals surface area contributed by atoms with Gasteiger partial charge in [-0.05, 0) is 84.5 Å². The van der Waals surface area contributed by atoms with Crippen LogP contribution >= 0.6 is 0 Å². The van der Waals surface area contributed by atoms with Gasteiger partial charge in [0.1, 0.15) is 5.75 Å². The van der Waals surface area contributed by atoms with Crippen LogP contribution in [-0.2, 0) is 37.3 Å². The molecule has 0 amide bonds. The number of rotatable bonds is 8. The monoisotopic (exact) mass is 1020 g/mol. The van der Waals surface area contributed by atoms with Crippen molar-refractivity contribution in [2.24, 2.45) is 0 Å². The van der Waals surface area contributed by atoms with Crippen LogP contribution in [0.1, 0.15) is 103 Å². The summed E-state index contributed by atoms with van der Waals surface area (Å²) in [6, 6.07) is 59.8. The van der Waals surface area contributed by atoms with Crippen LogP contribution in [0.2, 0.25) is 0 Å². The van der Waals surface area contributed by atoms with Crippen molar-refractivity contribution in [2.75, 3.05) is 0 Å². The number of benzene rings is 6. The van der Waals surface area contributed by atoms with Gasteiger partial charge in [-0.1, -0.05) is 213 Å². The predicted molar refractivity (Wildman–Crippen MR) is 265 cm³/mol. The van der Waals surface area contributed by atoms with E-state index in [0.717, 1.165) is 72.6 Å². The zero-order valence-electron chi connectivity index (χ0n) is 38.8. The quantitative estimate of drug-likeness (QED) is 0.154. The third-order valence-electron chi connectivity index (χ3n) is 12.3. The second-order valence-electron chi connectivity index (χ2n) is 20.1. The number of aromatic hydroxyl groups is 1. The number of phenols is 1. The molecule has 0 bridgehead atoms. The molecular weight excluding hydrogens is 960 g/mol. The molecule has 0 spiro atoms. The second-order valence-corrected chi connectivity index (χ2v) is 20.1. The zero-order chi connectivity index (χ0) is 44.7. The maximum Gasteiger partial charge on any atom is 0.128 e. The standard InChI is InChI=1S/C60H59N2O.Pt/c1-39(40-18-13-11-14-19-40)41-24-26-43(27-25-41)45-28-29-61-54(34-45)48-30-46(42-20-15-12-16-21-42)31-49(32-48)55-35-47(44-22-17-23-50(33-44)58(2,3)4)36-56(62-55)52-37-51(59(5,6)7)38-53(57(52)63)60(8,9)10;/h11-31,33-39,63H,1-10H3;/q-1;. The maximum absolute atomic E-state index is 12.2. The minimum Gasteiger partial charge on any atom is -0.507 e. The average Bonchev–Trinajstić information content (AvgIpc) is 3.28. The number of aromatic nitrogens is 2. The van der Waals surface area contributed by atoms with Gasteiger partial charge in [0.15, 0.2) is 0 Å². The Kier molecular flexibility index (Phi) is 13.2. The molecule has 0 aliphatic heterocycles. The largest absolute Gasteiger partial charge is 0.507 e. The fourth-order valence-electron chi connectivity index (χ4n) is 8.27. The number of hydrogen-bond acceptors (Lipinski definition) is 3. The molecule has 0 aliphatic rings. The second kappa shape index (κ2) is 18.3. The molecule has 2 heterocycles. The van der Waals surface area contributed by atoms with Crippen molar-refractivity contribution >= 4 is 0 Å². The maximum atomic E-state index is 12.2. The van der Waals surface area contributed by atoms with E-state index in [4.69, 9.17) is 9.97 Å². The summed E-state index contributed by atoms with van der Waals surface area (Å²) in [6.45, 7) is 22.1. The molecule has 6 aromatic carbocycles. The number of hydrogen-bond donors (Lipinski definition) is 1. The first-order valence-electron chi connectivity index (χ1n) is 22.2. The Hall–Kier alpha value is -5.89. The van der Waals surface area contributed by atoms with E-state index < -0.39 is 0 Å². The van der Waals surface area contributed by atoms with E-state index >= 15 is 0 Å². The van der Waals surface area contributed by atoms with Crippen LogP contribution in [0.3, 0.4) is 0 Å². The summed E-state index contributed by atoms with van der Waals surface area (Å²) in [7, 11) is 0. The van der Waals surface area contributed by atoms with Crippen molar-refractivity contribution in [1.82, 2.24) is 9.97 Å². The molecule has 0 radical (unpaired) electrons. The molecule has 8 rings (SSSR count). The normalized spacial score (nSPS) is 12.4. The summed E-state index contributed by atoms with van der Waals surface area (Å²) in [6.07, 6.45) is 1.89. The van der Waals surface area contributed by atoms with Gasteiger partial charge in [0.05, 0.1) is 5.69 Å². The van der Waals surface area contributed by atoms with Gasteiger partial charge in [0.25, 0.3) is 0 Å². The van der Waals surface area contributed by atoms with E-state index in [1.54, 1.807) is 0 Å². The van der Waals surface area contributed by atoms with Gasteiger partial charge in [-0.3, -0.25) is 9.97 Å². The van der Waals surface area contributed by atoms with E-state index in [-0.39, 0.29) is 43.1 Å². The van der Waals surface area contributed by atoms with Crippen molar-refractivity contribution in [3.05, 3.63) is 198 Å². The molecule has 4 heteroatoms. The van der Waals surface area contributed by atoms with Crippen molar-refractivity contribution < 1.29 is 26.2 Å². The third kappa shape index (κ3) is 10.1. The molecule has 1 unspecified atom stereocenters. The van der Waals surface area contributed by atoms with Crippen LogP contribution in [0.5, 0.6) is 5.75 Å².